The van der Waals surface area contributed by atoms with Crippen molar-refractivity contribution in [1.29, 1.82) is 0 Å². The van der Waals surface area contributed by atoms with Crippen molar-refractivity contribution in [3.63, 3.8) is 0 Å². The van der Waals surface area contributed by atoms with Gasteiger partial charge in [-0.15, -0.1) is 0 Å². The predicted molar refractivity (Wildman–Crippen MR) is 83.7 cm³/mol. The molecule has 7 nitrogen and oxygen atoms in total. The summed E-state index contributed by atoms with van der Waals surface area (Å²) in [6.45, 7) is 3.78. The van der Waals surface area contributed by atoms with Crippen LogP contribution in [0.1, 0.15) is 43.5 Å². The van der Waals surface area contributed by atoms with E-state index < -0.39 is 28.0 Å². The summed E-state index contributed by atoms with van der Waals surface area (Å²) in [6.07, 6.45) is 1.58. The average molecular weight is 343 g/mol. The highest BCUT2D eigenvalue weighted by Gasteiger charge is 2.25. The highest BCUT2D eigenvalue weighted by atomic mass is 32.2. The normalized spacial score (nSPS) is 12.6. The number of nitrogens with one attached hydrogen (secondary N) is 1. The van der Waals surface area contributed by atoms with Crippen LogP contribution >= 0.6 is 0 Å². The van der Waals surface area contributed by atoms with Gasteiger partial charge in [0.1, 0.15) is 6.04 Å². The predicted octanol–water partition coefficient (Wildman–Crippen LogP) is 1.78. The van der Waals surface area contributed by atoms with Gasteiger partial charge in [-0.1, -0.05) is 19.8 Å². The van der Waals surface area contributed by atoms with Gasteiger partial charge in [0.2, 0.25) is 10.0 Å². The maximum Gasteiger partial charge on any atom is 0.338 e. The summed E-state index contributed by atoms with van der Waals surface area (Å²) < 4.78 is 31.4. The molecule has 0 saturated carbocycles. The van der Waals surface area contributed by atoms with E-state index in [1.165, 1.54) is 24.3 Å². The van der Waals surface area contributed by atoms with Gasteiger partial charge in [0.15, 0.2) is 0 Å². The van der Waals surface area contributed by atoms with Crippen molar-refractivity contribution < 1.29 is 27.9 Å². The van der Waals surface area contributed by atoms with Crippen LogP contribution in [0.3, 0.4) is 0 Å². The summed E-state index contributed by atoms with van der Waals surface area (Å²) in [5.41, 5.74) is 0.228. The molecule has 1 atom stereocenters. The Hall–Kier alpha value is -1.93. The van der Waals surface area contributed by atoms with E-state index in [1.807, 2.05) is 6.92 Å². The molecule has 0 aliphatic carbocycles. The SMILES string of the molecule is CCCC[C@@H](NS(=O)(=O)c1ccc(C(=O)OCC)cc1)C(=O)O. The number of hydrogen-bond acceptors (Lipinski definition) is 5. The number of carboxylic acid groups (broad SMARTS) is 1. The molecule has 8 heteroatoms. The number of sulfonamides is 1. The van der Waals surface area contributed by atoms with Crippen LogP contribution in [0.2, 0.25) is 0 Å². The highest BCUT2D eigenvalue weighted by Crippen LogP contribution is 2.13. The van der Waals surface area contributed by atoms with Crippen LogP contribution < -0.4 is 4.72 Å². The molecular formula is C15H21NO6S. The van der Waals surface area contributed by atoms with Gasteiger partial charge in [0.05, 0.1) is 17.1 Å². The molecule has 1 aromatic rings. The van der Waals surface area contributed by atoms with E-state index in [0.717, 1.165) is 6.42 Å². The lowest BCUT2D eigenvalue weighted by Crippen LogP contribution is -2.40. The van der Waals surface area contributed by atoms with Gasteiger partial charge in [-0.25, -0.2) is 13.2 Å². The third-order valence-electron chi connectivity index (χ3n) is 3.12. The largest absolute Gasteiger partial charge is 0.480 e. The number of rotatable bonds is 9. The monoisotopic (exact) mass is 343 g/mol. The number of ether oxygens (including phenoxy) is 1. The number of benzene rings is 1. The second-order valence-electron chi connectivity index (χ2n) is 4.90. The topological polar surface area (TPSA) is 110 Å². The van der Waals surface area contributed by atoms with Gasteiger partial charge in [-0.05, 0) is 37.6 Å². The van der Waals surface area contributed by atoms with Crippen molar-refractivity contribution in [3.05, 3.63) is 29.8 Å². The van der Waals surface area contributed by atoms with Crippen LogP contribution in [-0.2, 0) is 19.6 Å². The molecule has 0 amide bonds. The van der Waals surface area contributed by atoms with Crippen molar-refractivity contribution in [1.82, 2.24) is 4.72 Å². The molecule has 2 N–H and O–H groups in total. The number of carbonyl (C=O) groups excluding carboxylic acids is 1. The Bertz CT molecular complexity index is 638. The fourth-order valence-electron chi connectivity index (χ4n) is 1.88. The zero-order valence-electron chi connectivity index (χ0n) is 13.1. The first-order valence-corrected chi connectivity index (χ1v) is 8.82. The molecule has 0 aliphatic heterocycles. The standard InChI is InChI=1S/C15H21NO6S/c1-3-5-6-13(14(17)18)16-23(20,21)12-9-7-11(8-10-12)15(19)22-4-2/h7-10,13,16H,3-6H2,1-2H3,(H,17,18)/t13-/m1/s1. The second-order valence-corrected chi connectivity index (χ2v) is 6.61. The molecule has 0 bridgehead atoms. The molecule has 128 valence electrons. The van der Waals surface area contributed by atoms with Crippen LogP contribution in [0.25, 0.3) is 0 Å². The van der Waals surface area contributed by atoms with Gasteiger partial charge in [0, 0.05) is 0 Å². The number of esters is 1. The fourth-order valence-corrected chi connectivity index (χ4v) is 3.10. The summed E-state index contributed by atoms with van der Waals surface area (Å²) in [5.74, 6) is -1.76. The first-order chi connectivity index (χ1) is 10.8. The Labute approximate surface area is 135 Å². The number of aliphatic carboxylic acids is 1. The third kappa shape index (κ3) is 5.65. The Balaban J connectivity index is 2.90. The van der Waals surface area contributed by atoms with Crippen LogP contribution in [0.4, 0.5) is 0 Å². The van der Waals surface area contributed by atoms with E-state index in [4.69, 9.17) is 9.84 Å². The molecule has 1 rings (SSSR count). The molecule has 0 spiro atoms. The van der Waals surface area contributed by atoms with Gasteiger partial charge in [-0.2, -0.15) is 4.72 Å². The second kappa shape index (κ2) is 8.64. The third-order valence-corrected chi connectivity index (χ3v) is 4.61. The molecule has 0 aliphatic rings. The Morgan fingerprint density at radius 1 is 1.22 bits per heavy atom. The van der Waals surface area contributed by atoms with E-state index in [9.17, 15) is 18.0 Å². The molecule has 23 heavy (non-hydrogen) atoms. The smallest absolute Gasteiger partial charge is 0.338 e. The summed E-state index contributed by atoms with van der Waals surface area (Å²) in [6, 6.07) is 3.97. The molecule has 0 fully saturated rings. The molecule has 0 heterocycles. The van der Waals surface area contributed by atoms with Crippen molar-refractivity contribution in [2.45, 2.75) is 44.0 Å². The lowest BCUT2D eigenvalue weighted by molar-refractivity contribution is -0.139. The number of hydrogen-bond donors (Lipinski definition) is 2. The highest BCUT2D eigenvalue weighted by molar-refractivity contribution is 7.89. The van der Waals surface area contributed by atoms with Crippen molar-refractivity contribution in [2.24, 2.45) is 0 Å². The van der Waals surface area contributed by atoms with Crippen LogP contribution in [0.15, 0.2) is 29.2 Å². The lowest BCUT2D eigenvalue weighted by atomic mass is 10.1. The van der Waals surface area contributed by atoms with Crippen LogP contribution in [0, 0.1) is 0 Å². The van der Waals surface area contributed by atoms with E-state index in [-0.39, 0.29) is 23.5 Å². The maximum absolute atomic E-state index is 12.2. The minimum atomic E-state index is -3.97. The van der Waals surface area contributed by atoms with Gasteiger partial charge in [0.25, 0.3) is 0 Å². The Morgan fingerprint density at radius 3 is 2.30 bits per heavy atom. The fraction of sp³-hybridized carbons (Fsp3) is 0.467. The van der Waals surface area contributed by atoms with Crippen molar-refractivity contribution in [2.75, 3.05) is 6.61 Å². The van der Waals surface area contributed by atoms with E-state index in [1.54, 1.807) is 6.92 Å². The van der Waals surface area contributed by atoms with Crippen LogP contribution in [-0.4, -0.2) is 38.1 Å². The minimum absolute atomic E-state index is 0.103. The van der Waals surface area contributed by atoms with E-state index >= 15 is 0 Å². The molecule has 0 radical (unpaired) electrons. The number of unbranched alkanes of at least 4 members (excludes halogenated alkanes) is 1. The van der Waals surface area contributed by atoms with E-state index in [2.05, 4.69) is 4.72 Å². The summed E-state index contributed by atoms with van der Waals surface area (Å²) in [5, 5.41) is 9.10. The zero-order chi connectivity index (χ0) is 17.5. The first-order valence-electron chi connectivity index (χ1n) is 7.34. The van der Waals surface area contributed by atoms with E-state index in [0.29, 0.717) is 6.42 Å². The maximum atomic E-state index is 12.2. The van der Waals surface area contributed by atoms with Crippen molar-refractivity contribution >= 4 is 22.0 Å². The molecule has 1 aromatic carbocycles. The number of carbonyl (C=O) groups is 2. The molecule has 0 aromatic heterocycles. The summed E-state index contributed by atoms with van der Waals surface area (Å²) in [4.78, 5) is 22.6. The lowest BCUT2D eigenvalue weighted by Gasteiger charge is -2.14. The Kier molecular flexibility index (Phi) is 7.18. The quantitative estimate of drug-likeness (QED) is 0.662. The van der Waals surface area contributed by atoms with Gasteiger partial charge < -0.3 is 9.84 Å². The molecular weight excluding hydrogens is 322 g/mol. The van der Waals surface area contributed by atoms with Gasteiger partial charge in [-0.3, -0.25) is 4.79 Å². The molecule has 0 saturated heterocycles. The average Bonchev–Trinajstić information content (AvgIpc) is 2.51. The first kappa shape index (κ1) is 19.1. The Morgan fingerprint density at radius 2 is 1.83 bits per heavy atom. The van der Waals surface area contributed by atoms with Crippen molar-refractivity contribution in [3.8, 4) is 0 Å². The minimum Gasteiger partial charge on any atom is -0.480 e. The number of carboxylic acids is 1. The van der Waals surface area contributed by atoms with Crippen LogP contribution in [0.5, 0.6) is 0 Å². The van der Waals surface area contributed by atoms with Gasteiger partial charge >= 0.3 is 11.9 Å². The summed E-state index contributed by atoms with van der Waals surface area (Å²) in [7, 11) is -3.97. The zero-order valence-corrected chi connectivity index (χ0v) is 13.9. The summed E-state index contributed by atoms with van der Waals surface area (Å²) >= 11 is 0. The molecule has 0 unspecified atom stereocenters.